The van der Waals surface area contributed by atoms with Gasteiger partial charge >= 0.3 is 5.69 Å². The van der Waals surface area contributed by atoms with E-state index in [4.69, 9.17) is 9.26 Å². The van der Waals surface area contributed by atoms with Gasteiger partial charge in [-0.25, -0.2) is 0 Å². The van der Waals surface area contributed by atoms with Crippen LogP contribution in [-0.2, 0) is 6.54 Å². The van der Waals surface area contributed by atoms with Gasteiger partial charge in [-0.2, -0.15) is 4.98 Å². The fraction of sp³-hybridized carbons (Fsp3) is 0.385. The number of ether oxygens (including phenoxy) is 1. The van der Waals surface area contributed by atoms with E-state index in [9.17, 15) is 10.1 Å². The topological polar surface area (TPSA) is 103 Å². The molecule has 0 atom stereocenters. The first-order valence-electron chi connectivity index (χ1n) is 6.54. The van der Waals surface area contributed by atoms with Gasteiger partial charge in [0.15, 0.2) is 11.6 Å². The van der Waals surface area contributed by atoms with Gasteiger partial charge in [0.25, 0.3) is 0 Å². The highest BCUT2D eigenvalue weighted by Gasteiger charge is 2.15. The Kier molecular flexibility index (Phi) is 4.70. The highest BCUT2D eigenvalue weighted by atomic mass is 16.6. The molecule has 0 aliphatic carbocycles. The van der Waals surface area contributed by atoms with E-state index in [1.807, 2.05) is 6.92 Å². The van der Waals surface area contributed by atoms with Gasteiger partial charge in [-0.3, -0.25) is 10.1 Å². The summed E-state index contributed by atoms with van der Waals surface area (Å²) in [6.45, 7) is 4.43. The molecule has 1 aromatic heterocycles. The molecule has 1 heterocycles. The lowest BCUT2D eigenvalue weighted by Gasteiger charge is -2.08. The summed E-state index contributed by atoms with van der Waals surface area (Å²) in [5, 5.41) is 17.7. The minimum Gasteiger partial charge on any atom is -0.487 e. The van der Waals surface area contributed by atoms with E-state index in [-0.39, 0.29) is 11.4 Å². The number of nitrogens with one attached hydrogen (secondary N) is 1. The number of aryl methyl sites for hydroxylation is 1. The van der Waals surface area contributed by atoms with Crippen molar-refractivity contribution >= 4 is 11.4 Å². The molecule has 8 heteroatoms. The van der Waals surface area contributed by atoms with Gasteiger partial charge in [-0.05, 0) is 19.4 Å². The van der Waals surface area contributed by atoms with Crippen molar-refractivity contribution in [1.82, 2.24) is 10.1 Å². The Morgan fingerprint density at radius 2 is 2.29 bits per heavy atom. The normalized spacial score (nSPS) is 10.4. The number of aromatic nitrogens is 2. The molecule has 1 aromatic carbocycles. The third kappa shape index (κ3) is 3.91. The van der Waals surface area contributed by atoms with E-state index in [0.717, 1.165) is 6.42 Å². The molecule has 0 spiro atoms. The van der Waals surface area contributed by atoms with Gasteiger partial charge in [0, 0.05) is 17.8 Å². The van der Waals surface area contributed by atoms with Crippen molar-refractivity contribution in [2.45, 2.75) is 26.8 Å². The van der Waals surface area contributed by atoms with E-state index in [2.05, 4.69) is 15.5 Å². The summed E-state index contributed by atoms with van der Waals surface area (Å²) in [5.74, 6) is 1.25. The summed E-state index contributed by atoms with van der Waals surface area (Å²) >= 11 is 0. The molecule has 0 unspecified atom stereocenters. The Labute approximate surface area is 121 Å². The van der Waals surface area contributed by atoms with Gasteiger partial charge in [-0.1, -0.05) is 12.1 Å². The predicted octanol–water partition coefficient (Wildman–Crippen LogP) is 2.69. The van der Waals surface area contributed by atoms with Gasteiger partial charge in [-0.15, -0.1) is 0 Å². The second-order valence-corrected chi connectivity index (χ2v) is 4.38. The maximum absolute atomic E-state index is 11.0. The molecule has 1 N–H and O–H groups in total. The zero-order valence-corrected chi connectivity index (χ0v) is 11.8. The third-order valence-electron chi connectivity index (χ3n) is 2.63. The molecule has 0 bridgehead atoms. The quantitative estimate of drug-likeness (QED) is 0.618. The molecule has 21 heavy (non-hydrogen) atoms. The van der Waals surface area contributed by atoms with Gasteiger partial charge in [0.05, 0.1) is 18.1 Å². The van der Waals surface area contributed by atoms with Crippen LogP contribution >= 0.6 is 0 Å². The zero-order chi connectivity index (χ0) is 15.2. The Hall–Kier alpha value is -2.64. The average Bonchev–Trinajstić information content (AvgIpc) is 2.88. The van der Waals surface area contributed by atoms with Crippen LogP contribution in [0, 0.1) is 17.0 Å². The number of hydrogen-bond donors (Lipinski definition) is 1. The van der Waals surface area contributed by atoms with Crippen LogP contribution in [0.5, 0.6) is 5.75 Å². The number of nitro benzene ring substituents is 1. The highest BCUT2D eigenvalue weighted by molar-refractivity contribution is 5.57. The fourth-order valence-electron chi connectivity index (χ4n) is 1.69. The van der Waals surface area contributed by atoms with Crippen LogP contribution in [0.15, 0.2) is 22.7 Å². The van der Waals surface area contributed by atoms with Crippen molar-refractivity contribution in [3.63, 3.8) is 0 Å². The molecule has 0 fully saturated rings. The maximum Gasteiger partial charge on any atom is 0.311 e. The lowest BCUT2D eigenvalue weighted by atomic mass is 10.2. The van der Waals surface area contributed by atoms with Crippen LogP contribution in [0.1, 0.15) is 25.1 Å². The molecule has 112 valence electrons. The van der Waals surface area contributed by atoms with Crippen LogP contribution < -0.4 is 10.1 Å². The summed E-state index contributed by atoms with van der Waals surface area (Å²) < 4.78 is 10.4. The SMILES string of the molecule is CCCOc1cc(NCc2nc(C)no2)ccc1[N+](=O)[O-]. The smallest absolute Gasteiger partial charge is 0.311 e. The molecule has 0 aliphatic rings. The monoisotopic (exact) mass is 292 g/mol. The Morgan fingerprint density at radius 3 is 2.90 bits per heavy atom. The van der Waals surface area contributed by atoms with Crippen LogP contribution in [-0.4, -0.2) is 21.7 Å². The van der Waals surface area contributed by atoms with Crippen molar-refractivity contribution in [2.24, 2.45) is 0 Å². The molecule has 0 aliphatic heterocycles. The molecular weight excluding hydrogens is 276 g/mol. The maximum atomic E-state index is 11.0. The van der Waals surface area contributed by atoms with E-state index in [0.29, 0.717) is 30.6 Å². The van der Waals surface area contributed by atoms with Crippen molar-refractivity contribution < 1.29 is 14.2 Å². The number of nitrogens with zero attached hydrogens (tertiary/aromatic N) is 3. The van der Waals surface area contributed by atoms with Crippen LogP contribution in [0.25, 0.3) is 0 Å². The molecular formula is C13H16N4O4. The number of nitro groups is 1. The van der Waals surface area contributed by atoms with Crippen molar-refractivity contribution in [1.29, 1.82) is 0 Å². The lowest BCUT2D eigenvalue weighted by Crippen LogP contribution is -2.03. The number of benzene rings is 1. The number of anilines is 1. The molecule has 0 saturated carbocycles. The predicted molar refractivity (Wildman–Crippen MR) is 75.2 cm³/mol. The van der Waals surface area contributed by atoms with Gasteiger partial charge in [0.1, 0.15) is 0 Å². The summed E-state index contributed by atoms with van der Waals surface area (Å²) in [6, 6.07) is 4.61. The first-order chi connectivity index (χ1) is 10.1. The number of rotatable bonds is 7. The largest absolute Gasteiger partial charge is 0.487 e. The Bertz CT molecular complexity index is 626. The molecule has 2 rings (SSSR count). The minimum absolute atomic E-state index is 0.0531. The van der Waals surface area contributed by atoms with E-state index < -0.39 is 4.92 Å². The summed E-state index contributed by atoms with van der Waals surface area (Å²) in [7, 11) is 0. The minimum atomic E-state index is -0.462. The van der Waals surface area contributed by atoms with E-state index in [1.54, 1.807) is 19.1 Å². The average molecular weight is 292 g/mol. The summed E-state index contributed by atoms with van der Waals surface area (Å²) in [4.78, 5) is 14.6. The summed E-state index contributed by atoms with van der Waals surface area (Å²) in [6.07, 6.45) is 0.774. The Balaban J connectivity index is 2.10. The van der Waals surface area contributed by atoms with Crippen LogP contribution in [0.2, 0.25) is 0 Å². The molecule has 0 radical (unpaired) electrons. The van der Waals surface area contributed by atoms with Crippen molar-refractivity contribution in [3.8, 4) is 5.75 Å². The molecule has 2 aromatic rings. The lowest BCUT2D eigenvalue weighted by molar-refractivity contribution is -0.385. The van der Waals surface area contributed by atoms with Crippen molar-refractivity contribution in [3.05, 3.63) is 40.0 Å². The van der Waals surface area contributed by atoms with E-state index in [1.165, 1.54) is 6.07 Å². The molecule has 8 nitrogen and oxygen atoms in total. The number of hydrogen-bond acceptors (Lipinski definition) is 7. The van der Waals surface area contributed by atoms with Crippen LogP contribution in [0.4, 0.5) is 11.4 Å². The standard InChI is InChI=1S/C13H16N4O4/c1-3-6-20-12-7-10(4-5-11(12)17(18)19)14-8-13-15-9(2)16-21-13/h4-5,7,14H,3,6,8H2,1-2H3. The molecule has 0 amide bonds. The Morgan fingerprint density at radius 1 is 1.48 bits per heavy atom. The fourth-order valence-corrected chi connectivity index (χ4v) is 1.69. The van der Waals surface area contributed by atoms with Crippen molar-refractivity contribution in [2.75, 3.05) is 11.9 Å². The second-order valence-electron chi connectivity index (χ2n) is 4.38. The van der Waals surface area contributed by atoms with Gasteiger partial charge < -0.3 is 14.6 Å². The molecule has 0 saturated heterocycles. The first kappa shape index (κ1) is 14.8. The van der Waals surface area contributed by atoms with E-state index >= 15 is 0 Å². The first-order valence-corrected chi connectivity index (χ1v) is 6.54. The second kappa shape index (κ2) is 6.69. The third-order valence-corrected chi connectivity index (χ3v) is 2.63. The highest BCUT2D eigenvalue weighted by Crippen LogP contribution is 2.30. The van der Waals surface area contributed by atoms with Crippen LogP contribution in [0.3, 0.4) is 0 Å². The zero-order valence-electron chi connectivity index (χ0n) is 11.8. The summed E-state index contributed by atoms with van der Waals surface area (Å²) in [5.41, 5.74) is 0.630. The van der Waals surface area contributed by atoms with Gasteiger partial charge in [0.2, 0.25) is 5.89 Å².